The van der Waals surface area contributed by atoms with Gasteiger partial charge in [-0.2, -0.15) is 0 Å². The van der Waals surface area contributed by atoms with E-state index in [2.05, 4.69) is 31.2 Å². The minimum absolute atomic E-state index is 0.0417. The number of hydrogen-bond donors (Lipinski definition) is 0. The molecular weight excluding hydrogens is 442 g/mol. The average Bonchev–Trinajstić information content (AvgIpc) is 2.88. The van der Waals surface area contributed by atoms with E-state index in [-0.39, 0.29) is 5.60 Å². The van der Waals surface area contributed by atoms with Crippen LogP contribution in [-0.2, 0) is 19.1 Å². The summed E-state index contributed by atoms with van der Waals surface area (Å²) in [4.78, 5) is 28.7. The van der Waals surface area contributed by atoms with Crippen molar-refractivity contribution in [2.45, 2.75) is 92.1 Å². The Labute approximate surface area is 214 Å². The van der Waals surface area contributed by atoms with E-state index in [0.717, 1.165) is 44.2 Å². The number of carbonyl (C=O) groups is 3. The molecule has 202 valence electrons. The van der Waals surface area contributed by atoms with Crippen LogP contribution in [0.2, 0.25) is 0 Å². The third-order valence-corrected chi connectivity index (χ3v) is 6.36. The Balaban J connectivity index is 0. The molecule has 1 amide bonds. The van der Waals surface area contributed by atoms with Crippen LogP contribution in [0.15, 0.2) is 24.3 Å². The largest absolute Gasteiger partial charge is 0.494 e. The number of rotatable bonds is 7. The van der Waals surface area contributed by atoms with Crippen LogP contribution < -0.4 is 4.74 Å². The van der Waals surface area contributed by atoms with Crippen LogP contribution in [0.5, 0.6) is 5.75 Å². The van der Waals surface area contributed by atoms with E-state index < -0.39 is 0 Å². The maximum Gasteiger partial charge on any atom is 0.209 e. The first-order chi connectivity index (χ1) is 16.8. The maximum atomic E-state index is 10.8. The Kier molecular flexibility index (Phi) is 20.0. The summed E-state index contributed by atoms with van der Waals surface area (Å²) in [5.41, 5.74) is 1.90. The number of aryl methyl sites for hydroxylation is 1. The average molecular weight is 494 g/mol. The first-order valence-electron chi connectivity index (χ1n) is 12.8. The number of methoxy groups -OCH3 is 1. The van der Waals surface area contributed by atoms with Crippen LogP contribution in [0, 0.1) is 18.3 Å². The number of piperidine rings is 1. The molecule has 1 aromatic rings. The molecule has 0 aromatic heterocycles. The van der Waals surface area contributed by atoms with Crippen molar-refractivity contribution < 1.29 is 23.9 Å². The fourth-order valence-corrected chi connectivity index (χ4v) is 4.24. The molecule has 6 heteroatoms. The molecule has 0 unspecified atom stereocenters. The summed E-state index contributed by atoms with van der Waals surface area (Å²) in [6, 6.07) is 8.30. The summed E-state index contributed by atoms with van der Waals surface area (Å²) < 4.78 is 10.7. The van der Waals surface area contributed by atoms with Gasteiger partial charge in [0.15, 0.2) is 0 Å². The molecule has 0 bridgehead atoms. The van der Waals surface area contributed by atoms with Crippen molar-refractivity contribution >= 4 is 20.0 Å². The van der Waals surface area contributed by atoms with Gasteiger partial charge in [0, 0.05) is 20.2 Å². The van der Waals surface area contributed by atoms with Crippen LogP contribution in [0.25, 0.3) is 0 Å². The second-order valence-corrected chi connectivity index (χ2v) is 9.89. The highest BCUT2D eigenvalue weighted by Crippen LogP contribution is 2.53. The highest BCUT2D eigenvalue weighted by molar-refractivity contribution is 5.47. The Morgan fingerprint density at radius 2 is 1.49 bits per heavy atom. The van der Waals surface area contributed by atoms with Gasteiger partial charge in [-0.1, -0.05) is 38.0 Å². The minimum atomic E-state index is 0.0417. The molecule has 6 nitrogen and oxygen atoms in total. The van der Waals surface area contributed by atoms with Crippen molar-refractivity contribution in [1.29, 1.82) is 0 Å². The first-order valence-corrected chi connectivity index (χ1v) is 12.8. The Morgan fingerprint density at radius 1 is 1.00 bits per heavy atom. The maximum absolute atomic E-state index is 10.8. The lowest BCUT2D eigenvalue weighted by molar-refractivity contribution is -0.122. The molecule has 1 aromatic carbocycles. The number of hydrogen-bond acceptors (Lipinski definition) is 5. The smallest absolute Gasteiger partial charge is 0.209 e. The zero-order valence-electron chi connectivity index (χ0n) is 23.4. The van der Waals surface area contributed by atoms with Crippen LogP contribution in [0.3, 0.4) is 0 Å². The van der Waals surface area contributed by atoms with E-state index >= 15 is 0 Å². The monoisotopic (exact) mass is 493 g/mol. The summed E-state index contributed by atoms with van der Waals surface area (Å²) in [6.07, 6.45) is 9.99. The number of amides is 1. The van der Waals surface area contributed by atoms with E-state index in [1.807, 2.05) is 53.1 Å². The number of likely N-dealkylation sites (tertiary alicyclic amines) is 1. The predicted molar refractivity (Wildman–Crippen MR) is 145 cm³/mol. The van der Waals surface area contributed by atoms with E-state index in [4.69, 9.17) is 19.1 Å². The lowest BCUT2D eigenvalue weighted by Gasteiger charge is -2.52. The highest BCUT2D eigenvalue weighted by atomic mass is 16.5. The molecule has 0 N–H and O–H groups in total. The van der Waals surface area contributed by atoms with E-state index in [1.165, 1.54) is 44.1 Å². The third-order valence-electron chi connectivity index (χ3n) is 6.36. The van der Waals surface area contributed by atoms with Crippen molar-refractivity contribution in [3.8, 4) is 5.75 Å². The zero-order chi connectivity index (χ0) is 27.3. The Hall–Kier alpha value is -2.21. The van der Waals surface area contributed by atoms with Gasteiger partial charge in [-0.25, -0.2) is 0 Å². The van der Waals surface area contributed by atoms with Crippen LogP contribution >= 0.6 is 0 Å². The van der Waals surface area contributed by atoms with E-state index in [1.54, 1.807) is 7.11 Å². The van der Waals surface area contributed by atoms with Crippen LogP contribution in [0.1, 0.15) is 85.1 Å². The minimum Gasteiger partial charge on any atom is -0.494 e. The fraction of sp³-hybridized carbons (Fsp3) is 0.690. The molecule has 2 aliphatic rings. The van der Waals surface area contributed by atoms with Gasteiger partial charge < -0.3 is 24.0 Å². The SMILES string of the molecule is C=O.C=O.CC.COC(C)(C)C.Cc1ccc(OCCCCC2CC3(CCN(C=O)CC3)C2)cc1. The first kappa shape index (κ1) is 35.0. The van der Waals surface area contributed by atoms with Gasteiger partial charge in [-0.15, -0.1) is 0 Å². The summed E-state index contributed by atoms with van der Waals surface area (Å²) in [7, 11) is 1.71. The zero-order valence-corrected chi connectivity index (χ0v) is 23.4. The molecule has 2 fully saturated rings. The van der Waals surface area contributed by atoms with Crippen molar-refractivity contribution in [3.63, 3.8) is 0 Å². The number of ether oxygens (including phenoxy) is 2. The van der Waals surface area contributed by atoms with Gasteiger partial charge >= 0.3 is 0 Å². The number of benzene rings is 1. The number of carbonyl (C=O) groups excluding carboxylic acids is 3. The number of unbranched alkanes of at least 4 members (excludes halogenated alkanes) is 1. The summed E-state index contributed by atoms with van der Waals surface area (Å²) in [5, 5.41) is 0. The highest BCUT2D eigenvalue weighted by Gasteiger charge is 2.44. The van der Waals surface area contributed by atoms with Gasteiger partial charge in [-0.05, 0) is 89.7 Å². The second-order valence-electron chi connectivity index (χ2n) is 9.89. The molecule has 1 aliphatic heterocycles. The second kappa shape index (κ2) is 20.0. The molecule has 3 rings (SSSR count). The molecule has 1 heterocycles. The summed E-state index contributed by atoms with van der Waals surface area (Å²) in [6.45, 7) is 18.9. The van der Waals surface area contributed by atoms with E-state index in [9.17, 15) is 4.79 Å². The predicted octanol–water partition coefficient (Wildman–Crippen LogP) is 6.28. The summed E-state index contributed by atoms with van der Waals surface area (Å²) in [5.74, 6) is 1.90. The molecular formula is C29H51NO5. The van der Waals surface area contributed by atoms with Gasteiger partial charge in [-0.3, -0.25) is 4.79 Å². The third kappa shape index (κ3) is 15.4. The fourth-order valence-electron chi connectivity index (χ4n) is 4.24. The summed E-state index contributed by atoms with van der Waals surface area (Å²) >= 11 is 0. The van der Waals surface area contributed by atoms with Crippen LogP contribution in [0.4, 0.5) is 0 Å². The Bertz CT molecular complexity index is 623. The van der Waals surface area contributed by atoms with Crippen molar-refractivity contribution in [2.24, 2.45) is 11.3 Å². The number of nitrogens with zero attached hydrogens (tertiary/aromatic N) is 1. The Morgan fingerprint density at radius 3 is 1.91 bits per heavy atom. The molecule has 1 saturated heterocycles. The quantitative estimate of drug-likeness (QED) is 0.330. The lowest BCUT2D eigenvalue weighted by atomic mass is 9.56. The molecule has 0 atom stereocenters. The normalized spacial score (nSPS) is 15.8. The van der Waals surface area contributed by atoms with Crippen molar-refractivity contribution in [2.75, 3.05) is 26.8 Å². The van der Waals surface area contributed by atoms with Gasteiger partial charge in [0.2, 0.25) is 6.41 Å². The lowest BCUT2D eigenvalue weighted by Crippen LogP contribution is -2.46. The molecule has 1 aliphatic carbocycles. The topological polar surface area (TPSA) is 72.9 Å². The van der Waals surface area contributed by atoms with Gasteiger partial charge in [0.25, 0.3) is 0 Å². The van der Waals surface area contributed by atoms with Crippen LogP contribution in [-0.4, -0.2) is 57.3 Å². The van der Waals surface area contributed by atoms with E-state index in [0.29, 0.717) is 5.41 Å². The molecule has 0 radical (unpaired) electrons. The van der Waals surface area contributed by atoms with Crippen molar-refractivity contribution in [3.05, 3.63) is 29.8 Å². The van der Waals surface area contributed by atoms with Gasteiger partial charge in [0.1, 0.15) is 19.3 Å². The molecule has 1 spiro atoms. The van der Waals surface area contributed by atoms with Gasteiger partial charge in [0.05, 0.1) is 12.2 Å². The standard InChI is InChI=1S/C20H29NO2.C5H12O.C2H6.2CH2O/c1-17-5-7-19(8-6-17)23-13-3-2-4-18-14-20(15-18)9-11-21(16-22)12-10-20;1-5(2,3)6-4;3*1-2/h5-8,16,18H,2-4,9-15H2,1H3;1-4H3;1-2H3;2*1H2. The molecule has 1 saturated carbocycles. The molecule has 35 heavy (non-hydrogen) atoms. The van der Waals surface area contributed by atoms with Crippen molar-refractivity contribution in [1.82, 2.24) is 4.90 Å².